The monoisotopic (exact) mass is 304 g/mol. The lowest BCUT2D eigenvalue weighted by molar-refractivity contribution is 0.846. The minimum atomic E-state index is 0.251. The smallest absolute Gasteiger partial charge is 0.135 e. The fourth-order valence-electron chi connectivity index (χ4n) is 2.23. The molecule has 0 fully saturated rings. The molecule has 0 aromatic carbocycles. The van der Waals surface area contributed by atoms with Crippen LogP contribution in [-0.4, -0.2) is 16.5 Å². The minimum Gasteiger partial charge on any atom is -0.370 e. The van der Waals surface area contributed by atoms with Crippen LogP contribution in [0.3, 0.4) is 0 Å². The van der Waals surface area contributed by atoms with Crippen molar-refractivity contribution in [3.8, 4) is 0 Å². The highest BCUT2D eigenvalue weighted by Crippen LogP contribution is 2.26. The van der Waals surface area contributed by atoms with E-state index in [1.165, 1.54) is 11.1 Å². The average molecular weight is 304 g/mol. The molecule has 0 amide bonds. The van der Waals surface area contributed by atoms with Crippen LogP contribution in [-0.2, 0) is 6.42 Å². The summed E-state index contributed by atoms with van der Waals surface area (Å²) in [6, 6.07) is 2.40. The number of nitrogens with zero attached hydrogens (tertiary/aromatic N) is 2. The van der Waals surface area contributed by atoms with E-state index in [9.17, 15) is 0 Å². The number of hydrogen-bond acceptors (Lipinski definition) is 5. The van der Waals surface area contributed by atoms with E-state index in [1.807, 2.05) is 0 Å². The number of anilines is 2. The van der Waals surface area contributed by atoms with E-state index in [0.717, 1.165) is 37.4 Å². The quantitative estimate of drug-likeness (QED) is 0.754. The van der Waals surface area contributed by atoms with Crippen molar-refractivity contribution >= 4 is 23.0 Å². The Labute approximate surface area is 131 Å². The molecule has 2 aromatic heterocycles. The summed E-state index contributed by atoms with van der Waals surface area (Å²) < 4.78 is 0. The Bertz CT molecular complexity index is 539. The molecule has 21 heavy (non-hydrogen) atoms. The van der Waals surface area contributed by atoms with E-state index in [1.54, 1.807) is 17.7 Å². The van der Waals surface area contributed by atoms with Crippen molar-refractivity contribution in [3.05, 3.63) is 34.3 Å². The highest BCUT2D eigenvalue weighted by Gasteiger charge is 2.13. The second-order valence-corrected chi connectivity index (χ2v) is 5.93. The van der Waals surface area contributed by atoms with Gasteiger partial charge in [-0.2, -0.15) is 11.3 Å². The van der Waals surface area contributed by atoms with Crippen molar-refractivity contribution in [3.63, 3.8) is 0 Å². The summed E-state index contributed by atoms with van der Waals surface area (Å²) in [5.74, 6) is 1.91. The van der Waals surface area contributed by atoms with Crippen molar-refractivity contribution in [2.24, 2.45) is 0 Å². The molecule has 0 bridgehead atoms. The Morgan fingerprint density at radius 3 is 2.67 bits per heavy atom. The molecular formula is C16H24N4S. The average Bonchev–Trinajstić information content (AvgIpc) is 3.02. The van der Waals surface area contributed by atoms with E-state index in [0.29, 0.717) is 0 Å². The Morgan fingerprint density at radius 2 is 2.00 bits per heavy atom. The molecule has 2 aromatic rings. The lowest BCUT2D eigenvalue weighted by atomic mass is 10.1. The maximum atomic E-state index is 4.46. The van der Waals surface area contributed by atoms with E-state index >= 15 is 0 Å². The fourth-order valence-corrected chi connectivity index (χ4v) is 2.98. The molecule has 2 N–H and O–H groups in total. The van der Waals surface area contributed by atoms with Crippen LogP contribution in [0.2, 0.25) is 0 Å². The second kappa shape index (κ2) is 7.98. The highest BCUT2D eigenvalue weighted by atomic mass is 32.1. The van der Waals surface area contributed by atoms with Gasteiger partial charge in [0.25, 0.3) is 0 Å². The molecule has 0 saturated heterocycles. The van der Waals surface area contributed by atoms with Crippen LogP contribution in [0.25, 0.3) is 0 Å². The van der Waals surface area contributed by atoms with Crippen molar-refractivity contribution in [1.82, 2.24) is 9.97 Å². The molecule has 0 aliphatic carbocycles. The molecule has 5 heteroatoms. The number of nitrogens with one attached hydrogen (secondary N) is 2. The zero-order valence-corrected chi connectivity index (χ0v) is 13.8. The van der Waals surface area contributed by atoms with Crippen LogP contribution in [0.4, 0.5) is 11.6 Å². The maximum Gasteiger partial charge on any atom is 0.135 e. The lowest BCUT2D eigenvalue weighted by Crippen LogP contribution is -2.13. The summed E-state index contributed by atoms with van der Waals surface area (Å²) in [5.41, 5.74) is 2.49. The van der Waals surface area contributed by atoms with Crippen molar-refractivity contribution in [1.29, 1.82) is 0 Å². The molecule has 2 rings (SSSR count). The molecule has 4 nitrogen and oxygen atoms in total. The molecule has 114 valence electrons. The predicted molar refractivity (Wildman–Crippen MR) is 91.2 cm³/mol. The molecule has 0 aliphatic heterocycles. The van der Waals surface area contributed by atoms with Gasteiger partial charge in [0.15, 0.2) is 0 Å². The summed E-state index contributed by atoms with van der Waals surface area (Å²) in [5, 5.41) is 11.2. The topological polar surface area (TPSA) is 49.8 Å². The fraction of sp³-hybridized carbons (Fsp3) is 0.500. The van der Waals surface area contributed by atoms with Gasteiger partial charge in [-0.05, 0) is 42.2 Å². The molecular weight excluding hydrogens is 280 g/mol. The van der Waals surface area contributed by atoms with Gasteiger partial charge in [-0.15, -0.1) is 0 Å². The van der Waals surface area contributed by atoms with E-state index in [4.69, 9.17) is 0 Å². The van der Waals surface area contributed by atoms with Crippen LogP contribution >= 0.6 is 11.3 Å². The highest BCUT2D eigenvalue weighted by molar-refractivity contribution is 7.07. The van der Waals surface area contributed by atoms with Crippen LogP contribution < -0.4 is 10.6 Å². The van der Waals surface area contributed by atoms with Crippen molar-refractivity contribution in [2.45, 2.75) is 46.1 Å². The summed E-state index contributed by atoms with van der Waals surface area (Å²) in [6.07, 6.45) is 4.78. The second-order valence-electron chi connectivity index (χ2n) is 5.15. The van der Waals surface area contributed by atoms with Crippen LogP contribution in [0.15, 0.2) is 23.2 Å². The maximum absolute atomic E-state index is 4.46. The van der Waals surface area contributed by atoms with Gasteiger partial charge in [-0.1, -0.05) is 20.3 Å². The zero-order chi connectivity index (χ0) is 15.1. The summed E-state index contributed by atoms with van der Waals surface area (Å²) in [6.45, 7) is 7.44. The first-order valence-corrected chi connectivity index (χ1v) is 8.56. The third-order valence-corrected chi connectivity index (χ3v) is 4.09. The lowest BCUT2D eigenvalue weighted by Gasteiger charge is -2.18. The number of rotatable bonds is 8. The van der Waals surface area contributed by atoms with Gasteiger partial charge >= 0.3 is 0 Å². The third-order valence-electron chi connectivity index (χ3n) is 3.38. The molecule has 1 unspecified atom stereocenters. The van der Waals surface area contributed by atoms with E-state index < -0.39 is 0 Å². The summed E-state index contributed by atoms with van der Waals surface area (Å²) in [4.78, 5) is 8.86. The van der Waals surface area contributed by atoms with Crippen LogP contribution in [0.1, 0.15) is 50.8 Å². The molecule has 0 radical (unpaired) electrons. The normalized spacial score (nSPS) is 12.1. The van der Waals surface area contributed by atoms with Crippen molar-refractivity contribution in [2.75, 3.05) is 17.2 Å². The van der Waals surface area contributed by atoms with Gasteiger partial charge in [0.2, 0.25) is 0 Å². The predicted octanol–water partition coefficient (Wildman–Crippen LogP) is 4.49. The van der Waals surface area contributed by atoms with E-state index in [-0.39, 0.29) is 6.04 Å². The minimum absolute atomic E-state index is 0.251. The Balaban J connectivity index is 2.20. The summed E-state index contributed by atoms with van der Waals surface area (Å²) in [7, 11) is 0. The Morgan fingerprint density at radius 1 is 1.19 bits per heavy atom. The van der Waals surface area contributed by atoms with Gasteiger partial charge in [-0.25, -0.2) is 9.97 Å². The SMILES string of the molecule is CCCNc1ncnc(NC(C)c2ccsc2)c1CCC. The van der Waals surface area contributed by atoms with Gasteiger partial charge in [-0.3, -0.25) is 0 Å². The van der Waals surface area contributed by atoms with Gasteiger partial charge in [0.1, 0.15) is 18.0 Å². The number of hydrogen-bond donors (Lipinski definition) is 2. The molecule has 2 heterocycles. The first kappa shape index (κ1) is 15.8. The van der Waals surface area contributed by atoms with E-state index in [2.05, 4.69) is 58.2 Å². The number of aromatic nitrogens is 2. The van der Waals surface area contributed by atoms with Crippen LogP contribution in [0.5, 0.6) is 0 Å². The molecule has 0 saturated carbocycles. The van der Waals surface area contributed by atoms with Crippen LogP contribution in [0, 0.1) is 0 Å². The first-order valence-electron chi connectivity index (χ1n) is 7.62. The van der Waals surface area contributed by atoms with Gasteiger partial charge < -0.3 is 10.6 Å². The first-order chi connectivity index (χ1) is 10.3. The van der Waals surface area contributed by atoms with Gasteiger partial charge in [0.05, 0.1) is 6.04 Å². The standard InChI is InChI=1S/C16H24N4S/c1-4-6-14-15(17-8-5-2)18-11-19-16(14)20-12(3)13-7-9-21-10-13/h7,9-12H,4-6,8H2,1-3H3,(H2,17,18,19,20). The molecule has 0 aliphatic rings. The molecule has 1 atom stereocenters. The number of thiophene rings is 1. The Kier molecular flexibility index (Phi) is 5.99. The van der Waals surface area contributed by atoms with Gasteiger partial charge in [0, 0.05) is 12.1 Å². The Hall–Kier alpha value is -1.62. The molecule has 0 spiro atoms. The third kappa shape index (κ3) is 4.17. The largest absolute Gasteiger partial charge is 0.370 e. The van der Waals surface area contributed by atoms with Crippen molar-refractivity contribution < 1.29 is 0 Å². The zero-order valence-electron chi connectivity index (χ0n) is 13.0. The summed E-state index contributed by atoms with van der Waals surface area (Å²) >= 11 is 1.72.